The summed E-state index contributed by atoms with van der Waals surface area (Å²) in [6, 6.07) is 6.18. The minimum absolute atomic E-state index is 0.0686. The van der Waals surface area contributed by atoms with Gasteiger partial charge in [0, 0.05) is 36.5 Å². The lowest BCUT2D eigenvalue weighted by molar-refractivity contribution is -0.116. The number of rotatable bonds is 2. The number of pyridine rings is 1. The molecule has 27 heavy (non-hydrogen) atoms. The van der Waals surface area contributed by atoms with Crippen LogP contribution in [0.2, 0.25) is 0 Å². The number of fused-ring (bicyclic) bond motifs is 1. The van der Waals surface area contributed by atoms with E-state index in [9.17, 15) is 14.0 Å². The van der Waals surface area contributed by atoms with Crippen LogP contribution in [0.15, 0.2) is 36.7 Å². The van der Waals surface area contributed by atoms with E-state index >= 15 is 0 Å². The topological polar surface area (TPSA) is 74.3 Å². The Bertz CT molecular complexity index is 914. The summed E-state index contributed by atoms with van der Waals surface area (Å²) < 4.78 is 14.4. The fourth-order valence-corrected chi connectivity index (χ4v) is 3.97. The molecule has 0 spiro atoms. The van der Waals surface area contributed by atoms with E-state index in [1.807, 2.05) is 12.1 Å². The number of benzene rings is 1. The van der Waals surface area contributed by atoms with Crippen molar-refractivity contribution in [1.29, 1.82) is 0 Å². The molecule has 0 aliphatic carbocycles. The minimum Gasteiger partial charge on any atom is -0.326 e. The molecule has 4 rings (SSSR count). The van der Waals surface area contributed by atoms with Gasteiger partial charge >= 0.3 is 6.03 Å². The fraction of sp³-hybridized carbons (Fsp3) is 0.350. The van der Waals surface area contributed by atoms with E-state index in [0.717, 1.165) is 11.1 Å². The number of nitrogens with one attached hydrogen (secondary N) is 2. The molecule has 2 N–H and O–H groups in total. The number of aromatic nitrogens is 1. The molecule has 1 aromatic heterocycles. The summed E-state index contributed by atoms with van der Waals surface area (Å²) in [6.07, 6.45) is 4.24. The van der Waals surface area contributed by atoms with Gasteiger partial charge in [-0.05, 0) is 41.8 Å². The van der Waals surface area contributed by atoms with Crippen LogP contribution in [0.4, 0.5) is 20.6 Å². The first-order valence-electron chi connectivity index (χ1n) is 8.95. The lowest BCUT2D eigenvalue weighted by atomic mass is 9.72. The summed E-state index contributed by atoms with van der Waals surface area (Å²) in [7, 11) is 0. The smallest absolute Gasteiger partial charge is 0.322 e. The second-order valence-electron chi connectivity index (χ2n) is 7.77. The number of hydrogen-bond acceptors (Lipinski definition) is 3. The normalized spacial score (nSPS) is 20.3. The minimum atomic E-state index is -0.501. The zero-order valence-electron chi connectivity index (χ0n) is 15.3. The summed E-state index contributed by atoms with van der Waals surface area (Å²) in [5.41, 5.74) is 2.28. The molecular formula is C20H21FN4O2. The van der Waals surface area contributed by atoms with Crippen LogP contribution in [0, 0.1) is 11.2 Å². The molecule has 7 heteroatoms. The summed E-state index contributed by atoms with van der Waals surface area (Å²) in [5, 5.41) is 5.39. The molecular weight excluding hydrogens is 347 g/mol. The van der Waals surface area contributed by atoms with Gasteiger partial charge in [0.25, 0.3) is 0 Å². The fourth-order valence-electron chi connectivity index (χ4n) is 3.97. The van der Waals surface area contributed by atoms with Crippen molar-refractivity contribution < 1.29 is 14.0 Å². The largest absolute Gasteiger partial charge is 0.326 e. The first kappa shape index (κ1) is 17.5. The molecule has 1 aromatic carbocycles. The number of carbonyl (C=O) groups is 2. The standard InChI is InChI=1S/C20H21FN4O2/c1-20(2)11-25(18(20)12-5-7-22-8-6-12)19(27)24-16-10-15-13(9-14(16)21)3-4-17(26)23-15/h5-10,18H,3-4,11H2,1-2H3,(H,23,26)(H,24,27). The van der Waals surface area contributed by atoms with Crippen LogP contribution in [-0.2, 0) is 11.2 Å². The average Bonchev–Trinajstić information content (AvgIpc) is 2.61. The van der Waals surface area contributed by atoms with Crippen molar-refractivity contribution in [3.63, 3.8) is 0 Å². The van der Waals surface area contributed by atoms with Gasteiger partial charge in [0.1, 0.15) is 5.82 Å². The Kier molecular flexibility index (Phi) is 4.09. The highest BCUT2D eigenvalue weighted by Gasteiger charge is 2.49. The van der Waals surface area contributed by atoms with E-state index in [-0.39, 0.29) is 29.1 Å². The highest BCUT2D eigenvalue weighted by atomic mass is 19.1. The lowest BCUT2D eigenvalue weighted by Crippen LogP contribution is -2.59. The number of nitrogens with zero attached hydrogens (tertiary/aromatic N) is 2. The second-order valence-corrected chi connectivity index (χ2v) is 7.77. The molecule has 2 aliphatic rings. The van der Waals surface area contributed by atoms with Gasteiger partial charge in [-0.3, -0.25) is 9.78 Å². The van der Waals surface area contributed by atoms with Crippen LogP contribution in [-0.4, -0.2) is 28.4 Å². The summed E-state index contributed by atoms with van der Waals surface area (Å²) in [4.78, 5) is 30.1. The number of carbonyl (C=O) groups excluding carboxylic acids is 2. The monoisotopic (exact) mass is 368 g/mol. The van der Waals surface area contributed by atoms with Gasteiger partial charge < -0.3 is 15.5 Å². The quantitative estimate of drug-likeness (QED) is 0.848. The summed E-state index contributed by atoms with van der Waals surface area (Å²) in [6.45, 7) is 4.75. The van der Waals surface area contributed by atoms with E-state index in [1.165, 1.54) is 12.1 Å². The van der Waals surface area contributed by atoms with Crippen molar-refractivity contribution in [2.24, 2.45) is 5.41 Å². The number of halogens is 1. The maximum atomic E-state index is 14.4. The van der Waals surface area contributed by atoms with Crippen molar-refractivity contribution in [2.75, 3.05) is 17.2 Å². The molecule has 6 nitrogen and oxygen atoms in total. The molecule has 3 amide bonds. The average molecular weight is 368 g/mol. The van der Waals surface area contributed by atoms with Gasteiger partial charge in [-0.15, -0.1) is 0 Å². The number of urea groups is 1. The first-order valence-corrected chi connectivity index (χ1v) is 8.95. The van der Waals surface area contributed by atoms with Gasteiger partial charge in [0.2, 0.25) is 5.91 Å². The second kappa shape index (κ2) is 6.33. The molecule has 2 aromatic rings. The first-order chi connectivity index (χ1) is 12.8. The molecule has 1 saturated heterocycles. The molecule has 0 bridgehead atoms. The Morgan fingerprint density at radius 1 is 1.30 bits per heavy atom. The van der Waals surface area contributed by atoms with Crippen LogP contribution in [0.3, 0.4) is 0 Å². The van der Waals surface area contributed by atoms with E-state index in [4.69, 9.17) is 0 Å². The molecule has 1 fully saturated rings. The zero-order chi connectivity index (χ0) is 19.2. The van der Waals surface area contributed by atoms with Gasteiger partial charge in [-0.25, -0.2) is 9.18 Å². The van der Waals surface area contributed by atoms with Crippen LogP contribution < -0.4 is 10.6 Å². The molecule has 1 unspecified atom stereocenters. The van der Waals surface area contributed by atoms with Crippen molar-refractivity contribution in [1.82, 2.24) is 9.88 Å². The van der Waals surface area contributed by atoms with Gasteiger partial charge in [0.15, 0.2) is 0 Å². The Morgan fingerprint density at radius 3 is 2.74 bits per heavy atom. The molecule has 0 saturated carbocycles. The van der Waals surface area contributed by atoms with Gasteiger partial charge in [-0.1, -0.05) is 13.8 Å². The van der Waals surface area contributed by atoms with Gasteiger partial charge in [-0.2, -0.15) is 0 Å². The predicted octanol–water partition coefficient (Wildman–Crippen LogP) is 3.72. The van der Waals surface area contributed by atoms with Crippen LogP contribution in [0.5, 0.6) is 0 Å². The van der Waals surface area contributed by atoms with E-state index in [2.05, 4.69) is 29.5 Å². The third-order valence-corrected chi connectivity index (χ3v) is 5.24. The third-order valence-electron chi connectivity index (χ3n) is 5.24. The third kappa shape index (κ3) is 3.13. The van der Waals surface area contributed by atoms with Crippen molar-refractivity contribution >= 4 is 23.3 Å². The zero-order valence-corrected chi connectivity index (χ0v) is 15.3. The Morgan fingerprint density at radius 2 is 2.04 bits per heavy atom. The molecule has 1 atom stereocenters. The van der Waals surface area contributed by atoms with Gasteiger partial charge in [0.05, 0.1) is 11.7 Å². The van der Waals surface area contributed by atoms with E-state index in [0.29, 0.717) is 25.1 Å². The number of likely N-dealkylation sites (tertiary alicyclic amines) is 1. The van der Waals surface area contributed by atoms with E-state index in [1.54, 1.807) is 17.3 Å². The number of amides is 3. The highest BCUT2D eigenvalue weighted by molar-refractivity contribution is 5.96. The van der Waals surface area contributed by atoms with Crippen molar-refractivity contribution in [3.8, 4) is 0 Å². The Balaban J connectivity index is 1.56. The Labute approximate surface area is 156 Å². The Hall–Kier alpha value is -2.96. The van der Waals surface area contributed by atoms with E-state index < -0.39 is 5.82 Å². The maximum absolute atomic E-state index is 14.4. The highest BCUT2D eigenvalue weighted by Crippen LogP contribution is 2.48. The lowest BCUT2D eigenvalue weighted by Gasteiger charge is -2.54. The maximum Gasteiger partial charge on any atom is 0.322 e. The van der Waals surface area contributed by atoms with Crippen LogP contribution in [0.25, 0.3) is 0 Å². The molecule has 0 radical (unpaired) electrons. The molecule has 3 heterocycles. The number of anilines is 2. The van der Waals surface area contributed by atoms with Crippen molar-refractivity contribution in [2.45, 2.75) is 32.7 Å². The molecule has 2 aliphatic heterocycles. The SMILES string of the molecule is CC1(C)CN(C(=O)Nc2cc3c(cc2F)CCC(=O)N3)C1c1ccncc1. The summed E-state index contributed by atoms with van der Waals surface area (Å²) in [5.74, 6) is -0.605. The predicted molar refractivity (Wildman–Crippen MR) is 99.8 cm³/mol. The van der Waals surface area contributed by atoms with Crippen LogP contribution >= 0.6 is 0 Å². The molecule has 140 valence electrons. The van der Waals surface area contributed by atoms with Crippen LogP contribution in [0.1, 0.15) is 37.4 Å². The summed E-state index contributed by atoms with van der Waals surface area (Å²) >= 11 is 0. The number of aryl methyl sites for hydroxylation is 1. The number of hydrogen-bond donors (Lipinski definition) is 2. The van der Waals surface area contributed by atoms with Crippen molar-refractivity contribution in [3.05, 3.63) is 53.6 Å².